The molecule has 96 valence electrons. The van der Waals surface area contributed by atoms with E-state index in [-0.39, 0.29) is 11.4 Å². The number of hydrogen-bond donors (Lipinski definition) is 2. The van der Waals surface area contributed by atoms with Crippen LogP contribution in [0.15, 0.2) is 34.8 Å². The molecule has 6 heteroatoms. The van der Waals surface area contributed by atoms with Crippen molar-refractivity contribution in [3.8, 4) is 6.07 Å². The van der Waals surface area contributed by atoms with Crippen LogP contribution in [0.25, 0.3) is 0 Å². The molecule has 0 atom stereocenters. The number of halogens is 3. The molecule has 0 aliphatic carbocycles. The van der Waals surface area contributed by atoms with Crippen molar-refractivity contribution in [1.29, 1.82) is 5.26 Å². The largest absolute Gasteiger partial charge is 0.398 e. The summed E-state index contributed by atoms with van der Waals surface area (Å²) in [6.45, 7) is 0. The van der Waals surface area contributed by atoms with Gasteiger partial charge < -0.3 is 11.1 Å². The molecule has 0 fully saturated rings. The van der Waals surface area contributed by atoms with Gasteiger partial charge in [-0.15, -0.1) is 0 Å². The summed E-state index contributed by atoms with van der Waals surface area (Å²) in [6.07, 6.45) is 0. The number of nitrogen functional groups attached to an aromatic ring is 1. The summed E-state index contributed by atoms with van der Waals surface area (Å²) >= 11 is 3.00. The number of hydrogen-bond acceptors (Lipinski definition) is 3. The molecule has 0 bridgehead atoms. The van der Waals surface area contributed by atoms with Crippen LogP contribution in [-0.4, -0.2) is 0 Å². The van der Waals surface area contributed by atoms with Gasteiger partial charge in [-0.3, -0.25) is 0 Å². The van der Waals surface area contributed by atoms with Crippen molar-refractivity contribution in [1.82, 2.24) is 0 Å². The number of rotatable bonds is 2. The highest BCUT2D eigenvalue weighted by molar-refractivity contribution is 9.10. The molecule has 0 unspecified atom stereocenters. The molecule has 2 rings (SSSR count). The molecule has 0 heterocycles. The Balaban J connectivity index is 2.37. The lowest BCUT2D eigenvalue weighted by Gasteiger charge is -2.10. The van der Waals surface area contributed by atoms with Crippen LogP contribution in [0.3, 0.4) is 0 Å². The number of nitrogens with zero attached hydrogens (tertiary/aromatic N) is 1. The van der Waals surface area contributed by atoms with Crippen molar-refractivity contribution >= 4 is 33.0 Å². The molecule has 0 radical (unpaired) electrons. The lowest BCUT2D eigenvalue weighted by Crippen LogP contribution is -1.99. The van der Waals surface area contributed by atoms with Gasteiger partial charge in [0.15, 0.2) is 11.6 Å². The Bertz CT molecular complexity index is 657. The first-order valence-corrected chi connectivity index (χ1v) is 6.01. The van der Waals surface area contributed by atoms with E-state index in [4.69, 9.17) is 11.0 Å². The van der Waals surface area contributed by atoms with Gasteiger partial charge in [-0.05, 0) is 30.3 Å². The van der Waals surface area contributed by atoms with Gasteiger partial charge in [0.05, 0.1) is 11.3 Å². The summed E-state index contributed by atoms with van der Waals surface area (Å²) < 4.78 is 27.6. The maximum atomic E-state index is 13.6. The van der Waals surface area contributed by atoms with E-state index in [0.717, 1.165) is 12.1 Å². The van der Waals surface area contributed by atoms with E-state index < -0.39 is 11.6 Å². The van der Waals surface area contributed by atoms with E-state index in [1.807, 2.05) is 6.07 Å². The Morgan fingerprint density at radius 3 is 2.32 bits per heavy atom. The number of nitrogens with two attached hydrogens (primary N) is 1. The van der Waals surface area contributed by atoms with E-state index in [9.17, 15) is 8.78 Å². The zero-order valence-electron chi connectivity index (χ0n) is 9.55. The van der Waals surface area contributed by atoms with Gasteiger partial charge in [0.1, 0.15) is 11.8 Å². The summed E-state index contributed by atoms with van der Waals surface area (Å²) in [4.78, 5) is 0. The minimum absolute atomic E-state index is 0.241. The molecular weight excluding hydrogens is 316 g/mol. The minimum Gasteiger partial charge on any atom is -0.398 e. The van der Waals surface area contributed by atoms with Gasteiger partial charge >= 0.3 is 0 Å². The highest BCUT2D eigenvalue weighted by Crippen LogP contribution is 2.28. The van der Waals surface area contributed by atoms with Crippen molar-refractivity contribution in [2.75, 3.05) is 11.1 Å². The second-order valence-electron chi connectivity index (χ2n) is 3.78. The second-order valence-corrected chi connectivity index (χ2v) is 4.70. The van der Waals surface area contributed by atoms with Crippen LogP contribution in [0, 0.1) is 23.0 Å². The molecular formula is C13H8BrF2N3. The van der Waals surface area contributed by atoms with Gasteiger partial charge in [0, 0.05) is 10.2 Å². The van der Waals surface area contributed by atoms with E-state index in [1.165, 1.54) is 18.2 Å². The lowest BCUT2D eigenvalue weighted by atomic mass is 10.1. The van der Waals surface area contributed by atoms with E-state index in [1.54, 1.807) is 0 Å². The highest BCUT2D eigenvalue weighted by atomic mass is 79.9. The number of benzene rings is 2. The third-order valence-electron chi connectivity index (χ3n) is 2.45. The first-order chi connectivity index (χ1) is 9.01. The average Bonchev–Trinajstić information content (AvgIpc) is 2.34. The first kappa shape index (κ1) is 13.3. The van der Waals surface area contributed by atoms with Gasteiger partial charge in [-0.25, -0.2) is 8.78 Å². The normalized spacial score (nSPS) is 10.0. The van der Waals surface area contributed by atoms with E-state index in [0.29, 0.717) is 15.7 Å². The third-order valence-corrected chi connectivity index (χ3v) is 2.91. The van der Waals surface area contributed by atoms with Crippen LogP contribution in [0.5, 0.6) is 0 Å². The van der Waals surface area contributed by atoms with Crippen LogP contribution < -0.4 is 11.1 Å². The summed E-state index contributed by atoms with van der Waals surface area (Å²) in [7, 11) is 0. The maximum absolute atomic E-state index is 13.6. The van der Waals surface area contributed by atoms with Crippen molar-refractivity contribution in [3.05, 3.63) is 52.0 Å². The summed E-state index contributed by atoms with van der Waals surface area (Å²) in [5, 5.41) is 11.3. The van der Waals surface area contributed by atoms with Crippen molar-refractivity contribution in [3.63, 3.8) is 0 Å². The van der Waals surface area contributed by atoms with Gasteiger partial charge in [0.25, 0.3) is 0 Å². The topological polar surface area (TPSA) is 61.8 Å². The number of nitriles is 1. The maximum Gasteiger partial charge on any atom is 0.150 e. The monoisotopic (exact) mass is 323 g/mol. The fraction of sp³-hybridized carbons (Fsp3) is 0. The van der Waals surface area contributed by atoms with Gasteiger partial charge in [-0.1, -0.05) is 15.9 Å². The summed E-state index contributed by atoms with van der Waals surface area (Å²) in [5.74, 6) is -1.45. The Morgan fingerprint density at radius 1 is 1.16 bits per heavy atom. The van der Waals surface area contributed by atoms with Crippen LogP contribution in [0.2, 0.25) is 0 Å². The van der Waals surface area contributed by atoms with Crippen LogP contribution in [-0.2, 0) is 0 Å². The molecule has 0 saturated carbocycles. The molecule has 0 aliphatic rings. The second kappa shape index (κ2) is 5.24. The summed E-state index contributed by atoms with van der Waals surface area (Å²) in [6, 6.07) is 8.66. The molecule has 2 aromatic carbocycles. The predicted molar refractivity (Wildman–Crippen MR) is 72.9 cm³/mol. The minimum atomic E-state index is -0.727. The molecule has 0 saturated heterocycles. The standard InChI is InChI=1S/C13H8BrF2N3/c14-8-3-10(15)13(11(16)4-8)19-9-2-1-7(6-17)12(18)5-9/h1-5,19H,18H2. The Labute approximate surface area is 116 Å². The van der Waals surface area contributed by atoms with E-state index in [2.05, 4.69) is 21.2 Å². The van der Waals surface area contributed by atoms with Crippen molar-refractivity contribution in [2.45, 2.75) is 0 Å². The lowest BCUT2D eigenvalue weighted by molar-refractivity contribution is 0.589. The average molecular weight is 324 g/mol. The Hall–Kier alpha value is -2.13. The molecule has 3 nitrogen and oxygen atoms in total. The van der Waals surface area contributed by atoms with Crippen LogP contribution >= 0.6 is 15.9 Å². The summed E-state index contributed by atoms with van der Waals surface area (Å²) in [5.41, 5.74) is 6.31. The number of nitrogens with one attached hydrogen (secondary N) is 1. The molecule has 0 spiro atoms. The van der Waals surface area contributed by atoms with Crippen LogP contribution in [0.4, 0.5) is 25.8 Å². The molecule has 2 aromatic rings. The van der Waals surface area contributed by atoms with Gasteiger partial charge in [-0.2, -0.15) is 5.26 Å². The molecule has 0 aromatic heterocycles. The van der Waals surface area contributed by atoms with Crippen LogP contribution in [0.1, 0.15) is 5.56 Å². The zero-order valence-corrected chi connectivity index (χ0v) is 11.1. The fourth-order valence-electron chi connectivity index (χ4n) is 1.55. The molecule has 3 N–H and O–H groups in total. The molecule has 0 amide bonds. The molecule has 0 aliphatic heterocycles. The Morgan fingerprint density at radius 2 is 1.79 bits per heavy atom. The fourth-order valence-corrected chi connectivity index (χ4v) is 1.95. The SMILES string of the molecule is N#Cc1ccc(Nc2c(F)cc(Br)cc2F)cc1N. The molecule has 19 heavy (non-hydrogen) atoms. The predicted octanol–water partition coefficient (Wildman–Crippen LogP) is 3.92. The quantitative estimate of drug-likeness (QED) is 0.823. The van der Waals surface area contributed by atoms with E-state index >= 15 is 0 Å². The smallest absolute Gasteiger partial charge is 0.150 e. The third kappa shape index (κ3) is 2.83. The highest BCUT2D eigenvalue weighted by Gasteiger charge is 2.11. The zero-order chi connectivity index (χ0) is 14.0. The van der Waals surface area contributed by atoms with Gasteiger partial charge in [0.2, 0.25) is 0 Å². The first-order valence-electron chi connectivity index (χ1n) is 5.22. The number of anilines is 3. The van der Waals surface area contributed by atoms with Crippen molar-refractivity contribution in [2.24, 2.45) is 0 Å². The van der Waals surface area contributed by atoms with Crippen molar-refractivity contribution < 1.29 is 8.78 Å². The Kier molecular flexibility index (Phi) is 3.67.